The van der Waals surface area contributed by atoms with Crippen molar-refractivity contribution >= 4 is 23.6 Å². The van der Waals surface area contributed by atoms with Crippen LogP contribution in [-0.2, 0) is 9.59 Å². The number of nitrogens with zero attached hydrogens (tertiary/aromatic N) is 1. The summed E-state index contributed by atoms with van der Waals surface area (Å²) in [6, 6.07) is 8.42. The molecule has 1 rings (SSSR count). The summed E-state index contributed by atoms with van der Waals surface area (Å²) in [6.45, 7) is 2.06. The minimum atomic E-state index is -0.970. The van der Waals surface area contributed by atoms with Gasteiger partial charge in [0.1, 0.15) is 0 Å². The highest BCUT2D eigenvalue weighted by Crippen LogP contribution is 2.13. The second kappa shape index (κ2) is 8.57. The predicted molar refractivity (Wildman–Crippen MR) is 78.1 cm³/mol. The van der Waals surface area contributed by atoms with E-state index in [1.54, 1.807) is 24.3 Å². The maximum Gasteiger partial charge on any atom is 0.321 e. The first-order valence-corrected chi connectivity index (χ1v) is 6.57. The SMILES string of the molecule is CC(=O)NCCNC(=O)N(CCC(=O)O)c1ccccc1. The van der Waals surface area contributed by atoms with E-state index in [9.17, 15) is 14.4 Å². The van der Waals surface area contributed by atoms with Crippen LogP contribution in [0.1, 0.15) is 13.3 Å². The lowest BCUT2D eigenvalue weighted by molar-refractivity contribution is -0.136. The van der Waals surface area contributed by atoms with Crippen molar-refractivity contribution in [2.45, 2.75) is 13.3 Å². The fourth-order valence-electron chi connectivity index (χ4n) is 1.67. The Kier molecular flexibility index (Phi) is 6.73. The van der Waals surface area contributed by atoms with Crippen molar-refractivity contribution in [3.8, 4) is 0 Å². The van der Waals surface area contributed by atoms with E-state index in [0.29, 0.717) is 12.2 Å². The van der Waals surface area contributed by atoms with Gasteiger partial charge in [-0.1, -0.05) is 18.2 Å². The quantitative estimate of drug-likeness (QED) is 0.648. The normalized spacial score (nSPS) is 9.76. The Balaban J connectivity index is 2.61. The number of carbonyl (C=O) groups is 3. The molecule has 7 nitrogen and oxygen atoms in total. The molecule has 1 aromatic rings. The number of para-hydroxylation sites is 1. The van der Waals surface area contributed by atoms with Gasteiger partial charge in [-0.2, -0.15) is 0 Å². The van der Waals surface area contributed by atoms with E-state index < -0.39 is 12.0 Å². The lowest BCUT2D eigenvalue weighted by atomic mass is 10.3. The molecule has 0 fully saturated rings. The Labute approximate surface area is 122 Å². The maximum atomic E-state index is 12.1. The fraction of sp³-hybridized carbons (Fsp3) is 0.357. The Bertz CT molecular complexity index is 490. The standard InChI is InChI=1S/C14H19N3O4/c1-11(18)15-8-9-16-14(21)17(10-7-13(19)20)12-5-3-2-4-6-12/h2-6H,7-10H2,1H3,(H,15,18)(H,16,21)(H,19,20). The van der Waals surface area contributed by atoms with Gasteiger partial charge in [0.15, 0.2) is 0 Å². The number of rotatable bonds is 7. The molecule has 3 amide bonds. The van der Waals surface area contributed by atoms with Crippen LogP contribution in [0, 0.1) is 0 Å². The lowest BCUT2D eigenvalue weighted by Gasteiger charge is -2.22. The van der Waals surface area contributed by atoms with Gasteiger partial charge in [-0.3, -0.25) is 14.5 Å². The molecule has 3 N–H and O–H groups in total. The molecule has 0 saturated heterocycles. The molecular formula is C14H19N3O4. The first-order chi connectivity index (χ1) is 10.0. The zero-order valence-electron chi connectivity index (χ0n) is 11.8. The topological polar surface area (TPSA) is 98.7 Å². The number of amides is 3. The van der Waals surface area contributed by atoms with Crippen LogP contribution in [0.25, 0.3) is 0 Å². The minimum absolute atomic E-state index is 0.0747. The van der Waals surface area contributed by atoms with E-state index in [4.69, 9.17) is 5.11 Å². The molecule has 0 spiro atoms. The monoisotopic (exact) mass is 293 g/mol. The fourth-order valence-corrected chi connectivity index (χ4v) is 1.67. The van der Waals surface area contributed by atoms with Crippen LogP contribution < -0.4 is 15.5 Å². The number of benzene rings is 1. The van der Waals surface area contributed by atoms with Gasteiger partial charge in [0.25, 0.3) is 0 Å². The van der Waals surface area contributed by atoms with E-state index >= 15 is 0 Å². The summed E-state index contributed by atoms with van der Waals surface area (Å²) in [5.41, 5.74) is 0.621. The summed E-state index contributed by atoms with van der Waals surface area (Å²) in [4.78, 5) is 34.9. The molecule has 0 aliphatic carbocycles. The molecule has 7 heteroatoms. The third-order valence-electron chi connectivity index (χ3n) is 2.64. The molecule has 0 radical (unpaired) electrons. The summed E-state index contributed by atoms with van der Waals surface area (Å²) in [7, 11) is 0. The van der Waals surface area contributed by atoms with E-state index in [1.807, 2.05) is 6.07 Å². The smallest absolute Gasteiger partial charge is 0.321 e. The third-order valence-corrected chi connectivity index (χ3v) is 2.64. The van der Waals surface area contributed by atoms with Crippen LogP contribution >= 0.6 is 0 Å². The van der Waals surface area contributed by atoms with Crippen molar-refractivity contribution < 1.29 is 19.5 Å². The number of hydrogen-bond acceptors (Lipinski definition) is 3. The molecule has 114 valence electrons. The van der Waals surface area contributed by atoms with Crippen LogP contribution in [0.15, 0.2) is 30.3 Å². The number of urea groups is 1. The van der Waals surface area contributed by atoms with Crippen molar-refractivity contribution in [1.82, 2.24) is 10.6 Å². The summed E-state index contributed by atoms with van der Waals surface area (Å²) in [6.07, 6.45) is -0.145. The zero-order valence-corrected chi connectivity index (χ0v) is 11.8. The molecule has 0 heterocycles. The number of carbonyl (C=O) groups excluding carboxylic acids is 2. The van der Waals surface area contributed by atoms with Gasteiger partial charge in [0.05, 0.1) is 6.42 Å². The maximum absolute atomic E-state index is 12.1. The summed E-state index contributed by atoms with van der Waals surface area (Å²) < 4.78 is 0. The highest BCUT2D eigenvalue weighted by Gasteiger charge is 2.16. The summed E-state index contributed by atoms with van der Waals surface area (Å²) in [5.74, 6) is -1.14. The van der Waals surface area contributed by atoms with Gasteiger partial charge in [-0.25, -0.2) is 4.79 Å². The van der Waals surface area contributed by atoms with Gasteiger partial charge in [-0.15, -0.1) is 0 Å². The zero-order chi connectivity index (χ0) is 15.7. The Morgan fingerprint density at radius 1 is 1.10 bits per heavy atom. The van der Waals surface area contributed by atoms with Crippen molar-refractivity contribution in [3.05, 3.63) is 30.3 Å². The molecular weight excluding hydrogens is 274 g/mol. The lowest BCUT2D eigenvalue weighted by Crippen LogP contribution is -2.43. The molecule has 0 saturated carbocycles. The number of hydrogen-bond donors (Lipinski definition) is 3. The van der Waals surface area contributed by atoms with Gasteiger partial charge in [0.2, 0.25) is 5.91 Å². The first-order valence-electron chi connectivity index (χ1n) is 6.57. The molecule has 0 aromatic heterocycles. The predicted octanol–water partition coefficient (Wildman–Crippen LogP) is 0.813. The van der Waals surface area contributed by atoms with Crippen LogP contribution in [-0.4, -0.2) is 42.6 Å². The van der Waals surface area contributed by atoms with E-state index in [2.05, 4.69) is 10.6 Å². The van der Waals surface area contributed by atoms with E-state index in [-0.39, 0.29) is 25.4 Å². The van der Waals surface area contributed by atoms with Crippen molar-refractivity contribution in [1.29, 1.82) is 0 Å². The number of carboxylic acids is 1. The largest absolute Gasteiger partial charge is 0.481 e. The summed E-state index contributed by atoms with van der Waals surface area (Å²) in [5, 5.41) is 14.0. The Morgan fingerprint density at radius 3 is 2.29 bits per heavy atom. The second-order valence-electron chi connectivity index (χ2n) is 4.35. The van der Waals surface area contributed by atoms with Gasteiger partial charge >= 0.3 is 12.0 Å². The molecule has 21 heavy (non-hydrogen) atoms. The van der Waals surface area contributed by atoms with Crippen LogP contribution in [0.4, 0.5) is 10.5 Å². The minimum Gasteiger partial charge on any atom is -0.481 e. The second-order valence-corrected chi connectivity index (χ2v) is 4.35. The Hall–Kier alpha value is -2.57. The van der Waals surface area contributed by atoms with Crippen LogP contribution in [0.5, 0.6) is 0 Å². The van der Waals surface area contributed by atoms with Crippen LogP contribution in [0.3, 0.4) is 0 Å². The molecule has 1 aromatic carbocycles. The van der Waals surface area contributed by atoms with Crippen LogP contribution in [0.2, 0.25) is 0 Å². The summed E-state index contributed by atoms with van der Waals surface area (Å²) >= 11 is 0. The molecule has 0 bridgehead atoms. The van der Waals surface area contributed by atoms with Crippen molar-refractivity contribution in [2.75, 3.05) is 24.5 Å². The number of nitrogens with one attached hydrogen (secondary N) is 2. The van der Waals surface area contributed by atoms with Gasteiger partial charge < -0.3 is 15.7 Å². The van der Waals surface area contributed by atoms with Gasteiger partial charge in [0, 0.05) is 32.2 Å². The molecule has 0 atom stereocenters. The van der Waals surface area contributed by atoms with Crippen molar-refractivity contribution in [3.63, 3.8) is 0 Å². The average Bonchev–Trinajstić information content (AvgIpc) is 2.44. The first kappa shape index (κ1) is 16.5. The highest BCUT2D eigenvalue weighted by atomic mass is 16.4. The van der Waals surface area contributed by atoms with E-state index in [1.165, 1.54) is 11.8 Å². The number of carboxylic acid groups (broad SMARTS) is 1. The van der Waals surface area contributed by atoms with Crippen molar-refractivity contribution in [2.24, 2.45) is 0 Å². The molecule has 0 unspecified atom stereocenters. The average molecular weight is 293 g/mol. The Morgan fingerprint density at radius 2 is 1.71 bits per heavy atom. The molecule has 0 aliphatic rings. The van der Waals surface area contributed by atoms with Gasteiger partial charge in [-0.05, 0) is 12.1 Å². The number of aliphatic carboxylic acids is 1. The molecule has 0 aliphatic heterocycles. The third kappa shape index (κ3) is 6.42. The highest BCUT2D eigenvalue weighted by molar-refractivity contribution is 5.92. The van der Waals surface area contributed by atoms with E-state index in [0.717, 1.165) is 0 Å². The number of anilines is 1.